The van der Waals surface area contributed by atoms with Gasteiger partial charge in [0.15, 0.2) is 0 Å². The highest BCUT2D eigenvalue weighted by molar-refractivity contribution is 9.10. The molecule has 1 aliphatic rings. The van der Waals surface area contributed by atoms with E-state index in [0.29, 0.717) is 11.4 Å². The van der Waals surface area contributed by atoms with Crippen molar-refractivity contribution in [2.75, 3.05) is 6.54 Å². The normalized spacial score (nSPS) is 19.2. The Balaban J connectivity index is 2.12. The summed E-state index contributed by atoms with van der Waals surface area (Å²) in [6.45, 7) is 2.10. The largest absolute Gasteiger partial charge is 0.324 e. The molecule has 6 heteroatoms. The summed E-state index contributed by atoms with van der Waals surface area (Å²) in [6.07, 6.45) is 6.30. The van der Waals surface area contributed by atoms with Crippen molar-refractivity contribution < 1.29 is 8.42 Å². The summed E-state index contributed by atoms with van der Waals surface area (Å²) < 4.78 is 28.4. The molecule has 1 aromatic rings. The number of hydrogen-bond acceptors (Lipinski definition) is 3. The van der Waals surface area contributed by atoms with Crippen molar-refractivity contribution in [1.29, 1.82) is 0 Å². The van der Waals surface area contributed by atoms with Crippen LogP contribution in [0.25, 0.3) is 0 Å². The van der Waals surface area contributed by atoms with Gasteiger partial charge in [0.2, 0.25) is 10.0 Å². The molecule has 1 aliphatic carbocycles. The smallest absolute Gasteiger partial charge is 0.240 e. The summed E-state index contributed by atoms with van der Waals surface area (Å²) >= 11 is 3.32. The molecule has 0 aromatic heterocycles. The molecule has 0 atom stereocenters. The summed E-state index contributed by atoms with van der Waals surface area (Å²) in [5, 5.41) is 0. The average molecular weight is 375 g/mol. The molecule has 0 unspecified atom stereocenters. The Morgan fingerprint density at radius 2 is 1.86 bits per heavy atom. The highest BCUT2D eigenvalue weighted by Gasteiger charge is 2.28. The van der Waals surface area contributed by atoms with E-state index < -0.39 is 15.6 Å². The molecule has 0 radical (unpaired) electrons. The van der Waals surface area contributed by atoms with Gasteiger partial charge in [0.05, 0.1) is 4.90 Å². The van der Waals surface area contributed by atoms with Crippen molar-refractivity contribution in [3.8, 4) is 0 Å². The number of aryl methyl sites for hydroxylation is 1. The zero-order chi connectivity index (χ0) is 15.5. The van der Waals surface area contributed by atoms with E-state index in [1.54, 1.807) is 19.1 Å². The predicted molar refractivity (Wildman–Crippen MR) is 88.7 cm³/mol. The van der Waals surface area contributed by atoms with E-state index in [1.165, 1.54) is 12.8 Å². The van der Waals surface area contributed by atoms with Crippen molar-refractivity contribution in [2.45, 2.75) is 55.9 Å². The Bertz CT molecular complexity index is 594. The van der Waals surface area contributed by atoms with Crippen molar-refractivity contribution in [3.63, 3.8) is 0 Å². The Morgan fingerprint density at radius 3 is 2.48 bits per heavy atom. The third kappa shape index (κ3) is 4.52. The zero-order valence-corrected chi connectivity index (χ0v) is 14.8. The standard InChI is InChI=1S/C15H23BrN2O2S/c1-12-6-7-13(16)10-14(12)21(19,20)18-11-15(17)8-4-2-3-5-9-15/h6-7,10,18H,2-5,8-9,11,17H2,1H3. The van der Waals surface area contributed by atoms with Crippen LogP contribution in [-0.2, 0) is 10.0 Å². The molecule has 0 saturated heterocycles. The summed E-state index contributed by atoms with van der Waals surface area (Å²) in [6, 6.07) is 5.26. The van der Waals surface area contributed by atoms with Crippen LogP contribution in [-0.4, -0.2) is 20.5 Å². The topological polar surface area (TPSA) is 72.2 Å². The molecule has 0 bridgehead atoms. The number of sulfonamides is 1. The fraction of sp³-hybridized carbons (Fsp3) is 0.600. The van der Waals surface area contributed by atoms with Crippen LogP contribution in [0.1, 0.15) is 44.1 Å². The van der Waals surface area contributed by atoms with Gasteiger partial charge in [-0.2, -0.15) is 0 Å². The molecule has 2 rings (SSSR count). The van der Waals surface area contributed by atoms with Crippen LogP contribution in [0, 0.1) is 6.92 Å². The van der Waals surface area contributed by atoms with Crippen molar-refractivity contribution in [1.82, 2.24) is 4.72 Å². The van der Waals surface area contributed by atoms with Crippen molar-refractivity contribution in [2.24, 2.45) is 5.73 Å². The molecule has 3 N–H and O–H groups in total. The van der Waals surface area contributed by atoms with Crippen LogP contribution < -0.4 is 10.5 Å². The molecule has 0 aliphatic heterocycles. The van der Waals surface area contributed by atoms with E-state index in [1.807, 2.05) is 6.07 Å². The predicted octanol–water partition coefficient (Wildman–Crippen LogP) is 3.09. The molecule has 0 amide bonds. The fourth-order valence-electron chi connectivity index (χ4n) is 2.79. The fourth-order valence-corrected chi connectivity index (χ4v) is 4.71. The lowest BCUT2D eigenvalue weighted by molar-refractivity contribution is 0.369. The molecule has 4 nitrogen and oxygen atoms in total. The minimum atomic E-state index is -3.52. The lowest BCUT2D eigenvalue weighted by Crippen LogP contribution is -2.49. The SMILES string of the molecule is Cc1ccc(Br)cc1S(=O)(=O)NCC1(N)CCCCCC1. The van der Waals surface area contributed by atoms with Crippen molar-refractivity contribution >= 4 is 26.0 Å². The minimum absolute atomic E-state index is 0.307. The van der Waals surface area contributed by atoms with Gasteiger partial charge in [0.1, 0.15) is 0 Å². The first kappa shape index (κ1) is 16.9. The number of nitrogens with two attached hydrogens (primary N) is 1. The van der Waals surface area contributed by atoms with Crippen LogP contribution in [0.2, 0.25) is 0 Å². The van der Waals surface area contributed by atoms with E-state index in [0.717, 1.165) is 35.7 Å². The van der Waals surface area contributed by atoms with Crippen LogP contribution in [0.4, 0.5) is 0 Å². The average Bonchev–Trinajstić information content (AvgIpc) is 2.65. The first-order chi connectivity index (χ1) is 9.82. The maximum absolute atomic E-state index is 12.5. The van der Waals surface area contributed by atoms with Crippen LogP contribution in [0.15, 0.2) is 27.6 Å². The number of halogens is 1. The van der Waals surface area contributed by atoms with Gasteiger partial charge < -0.3 is 5.73 Å². The van der Waals surface area contributed by atoms with Gasteiger partial charge in [-0.25, -0.2) is 13.1 Å². The van der Waals surface area contributed by atoms with Gasteiger partial charge >= 0.3 is 0 Å². The summed E-state index contributed by atoms with van der Waals surface area (Å²) in [4.78, 5) is 0.314. The number of nitrogens with one attached hydrogen (secondary N) is 1. The maximum Gasteiger partial charge on any atom is 0.240 e. The van der Waals surface area contributed by atoms with Gasteiger partial charge in [0.25, 0.3) is 0 Å². The first-order valence-electron chi connectivity index (χ1n) is 7.37. The molecule has 1 aromatic carbocycles. The lowest BCUT2D eigenvalue weighted by Gasteiger charge is -2.28. The molecule has 1 saturated carbocycles. The van der Waals surface area contributed by atoms with Crippen LogP contribution in [0.3, 0.4) is 0 Å². The third-order valence-corrected chi connectivity index (χ3v) is 6.19. The molecule has 118 valence electrons. The summed E-state index contributed by atoms with van der Waals surface area (Å²) in [5.41, 5.74) is 6.70. The maximum atomic E-state index is 12.5. The Kier molecular flexibility index (Phi) is 5.46. The van der Waals surface area contributed by atoms with Crippen LogP contribution in [0.5, 0.6) is 0 Å². The second kappa shape index (κ2) is 6.77. The van der Waals surface area contributed by atoms with E-state index in [-0.39, 0.29) is 0 Å². The summed E-state index contributed by atoms with van der Waals surface area (Å²) in [7, 11) is -3.52. The van der Waals surface area contributed by atoms with Gasteiger partial charge in [0, 0.05) is 16.6 Å². The Hall–Kier alpha value is -0.430. The highest BCUT2D eigenvalue weighted by atomic mass is 79.9. The Morgan fingerprint density at radius 1 is 1.24 bits per heavy atom. The third-order valence-electron chi connectivity index (χ3n) is 4.15. The quantitative estimate of drug-likeness (QED) is 0.795. The van der Waals surface area contributed by atoms with Crippen molar-refractivity contribution in [3.05, 3.63) is 28.2 Å². The van der Waals surface area contributed by atoms with E-state index in [2.05, 4.69) is 20.7 Å². The molecular formula is C15H23BrN2O2S. The molecule has 0 spiro atoms. The second-order valence-electron chi connectivity index (χ2n) is 6.01. The number of benzene rings is 1. The zero-order valence-electron chi connectivity index (χ0n) is 12.4. The van der Waals surface area contributed by atoms with E-state index >= 15 is 0 Å². The minimum Gasteiger partial charge on any atom is -0.324 e. The van der Waals surface area contributed by atoms with Gasteiger partial charge in [-0.3, -0.25) is 0 Å². The summed E-state index contributed by atoms with van der Waals surface area (Å²) in [5.74, 6) is 0. The molecule has 0 heterocycles. The Labute approximate surface area is 135 Å². The lowest BCUT2D eigenvalue weighted by atomic mass is 9.92. The molecular weight excluding hydrogens is 352 g/mol. The van der Waals surface area contributed by atoms with Gasteiger partial charge in [-0.1, -0.05) is 47.7 Å². The highest BCUT2D eigenvalue weighted by Crippen LogP contribution is 2.25. The first-order valence-corrected chi connectivity index (χ1v) is 9.65. The molecule has 1 fully saturated rings. The van der Waals surface area contributed by atoms with E-state index in [9.17, 15) is 8.42 Å². The van der Waals surface area contributed by atoms with E-state index in [4.69, 9.17) is 5.73 Å². The van der Waals surface area contributed by atoms with Crippen LogP contribution >= 0.6 is 15.9 Å². The molecule has 21 heavy (non-hydrogen) atoms. The van der Waals surface area contributed by atoms with Gasteiger partial charge in [-0.05, 0) is 37.5 Å². The van der Waals surface area contributed by atoms with Gasteiger partial charge in [-0.15, -0.1) is 0 Å². The number of hydrogen-bond donors (Lipinski definition) is 2. The number of rotatable bonds is 4. The monoisotopic (exact) mass is 374 g/mol. The second-order valence-corrected chi connectivity index (χ2v) is 8.66.